The number of rotatable bonds is 6. The molecule has 5 rings (SSSR count). The van der Waals surface area contributed by atoms with E-state index in [1.165, 1.54) is 20.3 Å². The Labute approximate surface area is 201 Å². The summed E-state index contributed by atoms with van der Waals surface area (Å²) in [4.78, 5) is 24.7. The average molecular weight is 496 g/mol. The lowest BCUT2D eigenvalue weighted by molar-refractivity contribution is -0.142. The number of hydrogen-bond donors (Lipinski definition) is 2. The number of aromatic nitrogens is 5. The summed E-state index contributed by atoms with van der Waals surface area (Å²) in [6.07, 6.45) is -3.69. The first kappa shape index (κ1) is 23.1. The Balaban J connectivity index is 1.53. The number of nitrogens with one attached hydrogen (secondary N) is 2. The molecule has 0 aliphatic heterocycles. The highest BCUT2D eigenvalue weighted by Gasteiger charge is 2.36. The van der Waals surface area contributed by atoms with E-state index in [0.717, 1.165) is 23.3 Å². The van der Waals surface area contributed by atoms with Crippen LogP contribution in [-0.2, 0) is 12.7 Å². The monoisotopic (exact) mass is 496 g/mol. The molecule has 2 N–H and O–H groups in total. The molecule has 0 saturated carbocycles. The molecule has 36 heavy (non-hydrogen) atoms. The van der Waals surface area contributed by atoms with Gasteiger partial charge in [-0.15, -0.1) is 0 Å². The van der Waals surface area contributed by atoms with Crippen LogP contribution >= 0.6 is 0 Å². The molecule has 0 saturated heterocycles. The molecule has 9 nitrogen and oxygen atoms in total. The molecule has 184 valence electrons. The fraction of sp³-hybridized carbons (Fsp3) is 0.167. The minimum Gasteiger partial charge on any atom is -0.493 e. The Morgan fingerprint density at radius 2 is 1.83 bits per heavy atom. The van der Waals surface area contributed by atoms with Crippen LogP contribution in [0.5, 0.6) is 11.5 Å². The van der Waals surface area contributed by atoms with E-state index in [2.05, 4.69) is 25.4 Å². The van der Waals surface area contributed by atoms with Crippen LogP contribution in [0.25, 0.3) is 27.9 Å². The SMILES string of the molecule is COc1ccc(-c2cc(C(F)(F)F)n3ncc(C(=O)NCc4nc5ccccc5[nH]4)c3n2)cc1OC. The van der Waals surface area contributed by atoms with Gasteiger partial charge in [0, 0.05) is 5.56 Å². The van der Waals surface area contributed by atoms with Crippen LogP contribution in [0, 0.1) is 0 Å². The Morgan fingerprint density at radius 3 is 2.56 bits per heavy atom. The zero-order valence-corrected chi connectivity index (χ0v) is 19.1. The summed E-state index contributed by atoms with van der Waals surface area (Å²) in [6.45, 7) is 0.0341. The molecule has 0 atom stereocenters. The quantitative estimate of drug-likeness (QED) is 0.364. The van der Waals surface area contributed by atoms with Gasteiger partial charge in [-0.25, -0.2) is 14.5 Å². The molecule has 0 fully saturated rings. The minimum absolute atomic E-state index is 0.0115. The van der Waals surface area contributed by atoms with Crippen LogP contribution < -0.4 is 14.8 Å². The zero-order valence-electron chi connectivity index (χ0n) is 19.1. The summed E-state index contributed by atoms with van der Waals surface area (Å²) in [5, 5.41) is 6.46. The number of aromatic amines is 1. The van der Waals surface area contributed by atoms with E-state index in [0.29, 0.717) is 27.4 Å². The number of nitrogens with zero attached hydrogens (tertiary/aromatic N) is 4. The van der Waals surface area contributed by atoms with Crippen molar-refractivity contribution in [3.05, 3.63) is 71.8 Å². The Bertz CT molecular complexity index is 1560. The van der Waals surface area contributed by atoms with Crippen molar-refractivity contribution in [2.75, 3.05) is 14.2 Å². The van der Waals surface area contributed by atoms with Gasteiger partial charge < -0.3 is 19.8 Å². The first-order valence-corrected chi connectivity index (χ1v) is 10.7. The fourth-order valence-corrected chi connectivity index (χ4v) is 3.82. The molecule has 1 amide bonds. The van der Waals surface area contributed by atoms with Crippen LogP contribution in [0.2, 0.25) is 0 Å². The smallest absolute Gasteiger partial charge is 0.433 e. The normalized spacial score (nSPS) is 11.7. The first-order valence-electron chi connectivity index (χ1n) is 10.7. The summed E-state index contributed by atoms with van der Waals surface area (Å²) < 4.78 is 52.8. The van der Waals surface area contributed by atoms with E-state index in [4.69, 9.17) is 9.47 Å². The first-order chi connectivity index (χ1) is 17.3. The third-order valence-corrected chi connectivity index (χ3v) is 5.54. The maximum absolute atomic E-state index is 13.9. The highest BCUT2D eigenvalue weighted by Crippen LogP contribution is 2.35. The van der Waals surface area contributed by atoms with Crippen molar-refractivity contribution < 1.29 is 27.4 Å². The number of halogens is 3. The molecular weight excluding hydrogens is 477 g/mol. The number of hydrogen-bond acceptors (Lipinski definition) is 6. The Kier molecular flexibility index (Phi) is 5.71. The summed E-state index contributed by atoms with van der Waals surface area (Å²) in [5.41, 5.74) is 0.435. The molecule has 0 unspecified atom stereocenters. The lowest BCUT2D eigenvalue weighted by Crippen LogP contribution is -2.23. The van der Waals surface area contributed by atoms with Crippen molar-refractivity contribution in [2.24, 2.45) is 0 Å². The molecule has 0 bridgehead atoms. The topological polar surface area (TPSA) is 106 Å². The van der Waals surface area contributed by atoms with Crippen molar-refractivity contribution in [1.82, 2.24) is 29.9 Å². The number of amides is 1. The maximum atomic E-state index is 13.9. The molecule has 3 aromatic heterocycles. The standard InChI is InChI=1S/C24H19F3N6O3/c1-35-18-8-7-13(9-19(18)36-2)17-10-20(24(25,26)27)33-22(32-17)14(11-29-33)23(34)28-12-21-30-15-5-3-4-6-16(15)31-21/h3-11H,12H2,1-2H3,(H,28,34)(H,30,31). The van der Waals surface area contributed by atoms with Crippen LogP contribution in [0.1, 0.15) is 21.9 Å². The zero-order chi connectivity index (χ0) is 25.4. The second kappa shape index (κ2) is 8.87. The van der Waals surface area contributed by atoms with Crippen molar-refractivity contribution in [1.29, 1.82) is 0 Å². The number of carbonyl (C=O) groups is 1. The van der Waals surface area contributed by atoms with Gasteiger partial charge in [0.15, 0.2) is 22.8 Å². The van der Waals surface area contributed by atoms with E-state index in [1.807, 2.05) is 24.3 Å². The van der Waals surface area contributed by atoms with Crippen molar-refractivity contribution in [2.45, 2.75) is 12.7 Å². The van der Waals surface area contributed by atoms with Crippen molar-refractivity contribution in [3.63, 3.8) is 0 Å². The van der Waals surface area contributed by atoms with Crippen LogP contribution in [-0.4, -0.2) is 44.7 Å². The molecule has 2 aromatic carbocycles. The lowest BCUT2D eigenvalue weighted by Gasteiger charge is -2.13. The van der Waals surface area contributed by atoms with Gasteiger partial charge in [0.2, 0.25) is 0 Å². The second-order valence-corrected chi connectivity index (χ2v) is 7.77. The van der Waals surface area contributed by atoms with Gasteiger partial charge in [-0.3, -0.25) is 4.79 Å². The third kappa shape index (κ3) is 4.17. The van der Waals surface area contributed by atoms with Gasteiger partial charge in [-0.2, -0.15) is 18.3 Å². The summed E-state index contributed by atoms with van der Waals surface area (Å²) in [6, 6.07) is 12.8. The van der Waals surface area contributed by atoms with Gasteiger partial charge in [0.25, 0.3) is 5.91 Å². The van der Waals surface area contributed by atoms with Crippen LogP contribution in [0.15, 0.2) is 54.7 Å². The van der Waals surface area contributed by atoms with E-state index >= 15 is 0 Å². The molecule has 0 aliphatic carbocycles. The average Bonchev–Trinajstić information content (AvgIpc) is 3.49. The highest BCUT2D eigenvalue weighted by atomic mass is 19.4. The Morgan fingerprint density at radius 1 is 1.06 bits per heavy atom. The predicted molar refractivity (Wildman–Crippen MR) is 124 cm³/mol. The number of fused-ring (bicyclic) bond motifs is 2. The Hall–Kier alpha value is -4.61. The highest BCUT2D eigenvalue weighted by molar-refractivity contribution is 5.99. The number of benzene rings is 2. The number of alkyl halides is 3. The number of para-hydroxylation sites is 2. The summed E-state index contributed by atoms with van der Waals surface area (Å²) in [7, 11) is 2.87. The van der Waals surface area contributed by atoms with Crippen LogP contribution in [0.3, 0.4) is 0 Å². The molecule has 0 aliphatic rings. The largest absolute Gasteiger partial charge is 0.493 e. The van der Waals surface area contributed by atoms with Crippen molar-refractivity contribution in [3.8, 4) is 22.8 Å². The maximum Gasteiger partial charge on any atom is 0.433 e. The van der Waals surface area contributed by atoms with Gasteiger partial charge >= 0.3 is 6.18 Å². The predicted octanol–water partition coefficient (Wildman–Crippen LogP) is 4.24. The van der Waals surface area contributed by atoms with E-state index in [-0.39, 0.29) is 23.4 Å². The molecule has 0 spiro atoms. The van der Waals surface area contributed by atoms with Crippen molar-refractivity contribution >= 4 is 22.6 Å². The fourth-order valence-electron chi connectivity index (χ4n) is 3.82. The van der Waals surface area contributed by atoms with Gasteiger partial charge in [0.1, 0.15) is 11.4 Å². The molecule has 12 heteroatoms. The second-order valence-electron chi connectivity index (χ2n) is 7.77. The number of H-pyrrole nitrogens is 1. The number of carbonyl (C=O) groups excluding carboxylic acids is 1. The molecular formula is C24H19F3N6O3. The van der Waals surface area contributed by atoms with E-state index in [9.17, 15) is 18.0 Å². The summed E-state index contributed by atoms with van der Waals surface area (Å²) >= 11 is 0. The van der Waals surface area contributed by atoms with E-state index < -0.39 is 17.8 Å². The number of imidazole rings is 1. The third-order valence-electron chi connectivity index (χ3n) is 5.54. The number of methoxy groups -OCH3 is 2. The van der Waals surface area contributed by atoms with Crippen LogP contribution in [0.4, 0.5) is 13.2 Å². The molecule has 0 radical (unpaired) electrons. The van der Waals surface area contributed by atoms with Gasteiger partial charge in [0.05, 0.1) is 43.7 Å². The van der Waals surface area contributed by atoms with Gasteiger partial charge in [-0.05, 0) is 36.4 Å². The lowest BCUT2D eigenvalue weighted by atomic mass is 10.1. The summed E-state index contributed by atoms with van der Waals surface area (Å²) in [5.74, 6) is 0.586. The number of ether oxygens (including phenoxy) is 2. The van der Waals surface area contributed by atoms with Gasteiger partial charge in [-0.1, -0.05) is 12.1 Å². The molecule has 5 aromatic rings. The van der Waals surface area contributed by atoms with E-state index in [1.54, 1.807) is 12.1 Å². The minimum atomic E-state index is -4.75. The molecule has 3 heterocycles.